The molecular weight excluding hydrogens is 713 g/mol. The minimum atomic E-state index is 0.0636. The molecule has 2 saturated heterocycles. The molecule has 0 unspecified atom stereocenters. The Morgan fingerprint density at radius 2 is 0.466 bits per heavy atom. The van der Waals surface area contributed by atoms with Gasteiger partial charge in [-0.2, -0.15) is 0 Å². The lowest BCUT2D eigenvalue weighted by Crippen LogP contribution is -2.54. The SMILES string of the molecule is CC(C)(C)c1ccc(N2CCN(c3ccc(C(C)(C)C)cc3)C3=NC(=C4N=C5C(=N4)N(c4ccc(C(C)(C)C)cc4)CCN5c4ccc(C(C)(C)C)cc4)N=C32)cc1. The summed E-state index contributed by atoms with van der Waals surface area (Å²) in [5, 5.41) is 0. The molecule has 4 aliphatic rings. The van der Waals surface area contributed by atoms with Crippen LogP contribution in [-0.4, -0.2) is 49.5 Å². The molecule has 4 aromatic carbocycles. The van der Waals surface area contributed by atoms with Gasteiger partial charge in [-0.3, -0.25) is 0 Å². The molecule has 8 nitrogen and oxygen atoms in total. The van der Waals surface area contributed by atoms with Crippen molar-refractivity contribution in [1.29, 1.82) is 0 Å². The van der Waals surface area contributed by atoms with Gasteiger partial charge < -0.3 is 19.6 Å². The Kier molecular flexibility index (Phi) is 9.56. The van der Waals surface area contributed by atoms with E-state index in [2.05, 4.69) is 200 Å². The van der Waals surface area contributed by atoms with E-state index in [1.807, 2.05) is 0 Å². The van der Waals surface area contributed by atoms with Crippen LogP contribution in [0.1, 0.15) is 105 Å². The maximum atomic E-state index is 5.31. The van der Waals surface area contributed by atoms with Gasteiger partial charge in [0.2, 0.25) is 11.6 Å². The van der Waals surface area contributed by atoms with Crippen LogP contribution in [0.5, 0.6) is 0 Å². The quantitative estimate of drug-likeness (QED) is 0.207. The molecular formula is C50H60N8. The van der Waals surface area contributed by atoms with Crippen molar-refractivity contribution in [3.63, 3.8) is 0 Å². The Balaban J connectivity index is 1.24. The Morgan fingerprint density at radius 1 is 0.293 bits per heavy atom. The highest BCUT2D eigenvalue weighted by atomic mass is 15.4. The number of hydrogen-bond donors (Lipinski definition) is 0. The van der Waals surface area contributed by atoms with Crippen molar-refractivity contribution in [3.05, 3.63) is 131 Å². The third-order valence-corrected chi connectivity index (χ3v) is 11.7. The summed E-state index contributed by atoms with van der Waals surface area (Å²) < 4.78 is 0. The second kappa shape index (κ2) is 14.1. The van der Waals surface area contributed by atoms with Crippen LogP contribution in [0.2, 0.25) is 0 Å². The highest BCUT2D eigenvalue weighted by Crippen LogP contribution is 2.36. The van der Waals surface area contributed by atoms with Gasteiger partial charge in [0, 0.05) is 48.9 Å². The number of piperazine rings is 2. The Morgan fingerprint density at radius 3 is 0.621 bits per heavy atom. The van der Waals surface area contributed by atoms with Crippen LogP contribution in [0.25, 0.3) is 0 Å². The van der Waals surface area contributed by atoms with Crippen LogP contribution >= 0.6 is 0 Å². The predicted molar refractivity (Wildman–Crippen MR) is 247 cm³/mol. The summed E-state index contributed by atoms with van der Waals surface area (Å²) in [4.78, 5) is 30.4. The molecule has 0 aliphatic carbocycles. The third kappa shape index (κ3) is 7.49. The second-order valence-corrected chi connectivity index (χ2v) is 20.2. The smallest absolute Gasteiger partial charge is 0.202 e. The summed E-state index contributed by atoms with van der Waals surface area (Å²) in [5.41, 5.74) is 9.85. The average Bonchev–Trinajstić information content (AvgIpc) is 3.82. The summed E-state index contributed by atoms with van der Waals surface area (Å²) in [6.07, 6.45) is 0. The first-order chi connectivity index (χ1) is 27.3. The third-order valence-electron chi connectivity index (χ3n) is 11.7. The zero-order valence-corrected chi connectivity index (χ0v) is 36.6. The number of amidine groups is 4. The van der Waals surface area contributed by atoms with Gasteiger partial charge in [0.25, 0.3) is 0 Å². The molecule has 300 valence electrons. The fourth-order valence-corrected chi connectivity index (χ4v) is 7.97. The van der Waals surface area contributed by atoms with Crippen molar-refractivity contribution in [3.8, 4) is 0 Å². The van der Waals surface area contributed by atoms with E-state index >= 15 is 0 Å². The van der Waals surface area contributed by atoms with Crippen LogP contribution in [0.3, 0.4) is 0 Å². The van der Waals surface area contributed by atoms with Gasteiger partial charge >= 0.3 is 0 Å². The number of anilines is 4. The van der Waals surface area contributed by atoms with Crippen molar-refractivity contribution in [1.82, 2.24) is 0 Å². The number of rotatable bonds is 4. The van der Waals surface area contributed by atoms with E-state index in [0.717, 1.165) is 72.3 Å². The topological polar surface area (TPSA) is 62.4 Å². The predicted octanol–water partition coefficient (Wildman–Crippen LogP) is 11.0. The first-order valence-corrected chi connectivity index (χ1v) is 20.9. The van der Waals surface area contributed by atoms with Gasteiger partial charge in [0.1, 0.15) is 0 Å². The second-order valence-electron chi connectivity index (χ2n) is 20.2. The number of fused-ring (bicyclic) bond motifs is 2. The number of benzene rings is 4. The highest BCUT2D eigenvalue weighted by Gasteiger charge is 2.39. The molecule has 0 atom stereocenters. The fourth-order valence-electron chi connectivity index (χ4n) is 7.97. The molecule has 0 N–H and O–H groups in total. The van der Waals surface area contributed by atoms with E-state index < -0.39 is 0 Å². The average molecular weight is 773 g/mol. The standard InChI is InChI=1S/C50H60N8/c1-47(2,3)33-13-21-37(22-14-33)55-29-30-56(38-23-15-34(16-24-38)48(4,5)6)44-43(55)51-41(52-44)42-53-45-46(54-42)58(40-27-19-36(20-28-40)50(10,11)12)32-31-57(45)39-25-17-35(18-26-39)49(7,8)9/h13-28H,29-32H2,1-12H3. The highest BCUT2D eigenvalue weighted by molar-refractivity contribution is 6.53. The Bertz CT molecular complexity index is 2010. The lowest BCUT2D eigenvalue weighted by molar-refractivity contribution is 0.590. The van der Waals surface area contributed by atoms with Crippen molar-refractivity contribution >= 4 is 46.1 Å². The molecule has 4 aromatic rings. The van der Waals surface area contributed by atoms with E-state index in [4.69, 9.17) is 20.0 Å². The van der Waals surface area contributed by atoms with Gasteiger partial charge in [-0.15, -0.1) is 0 Å². The number of nitrogens with zero attached hydrogens (tertiary/aromatic N) is 8. The largest absolute Gasteiger partial charge is 0.321 e. The van der Waals surface area contributed by atoms with E-state index in [1.54, 1.807) is 0 Å². The summed E-state index contributed by atoms with van der Waals surface area (Å²) >= 11 is 0. The minimum absolute atomic E-state index is 0.0636. The van der Waals surface area contributed by atoms with Crippen LogP contribution in [0, 0.1) is 0 Å². The van der Waals surface area contributed by atoms with E-state index in [-0.39, 0.29) is 21.7 Å². The van der Waals surface area contributed by atoms with Crippen molar-refractivity contribution in [2.45, 2.75) is 105 Å². The van der Waals surface area contributed by atoms with Crippen LogP contribution in [0.15, 0.2) is 129 Å². The normalized spacial score (nSPS) is 17.6. The molecule has 0 aromatic heterocycles. The minimum Gasteiger partial charge on any atom is -0.321 e. The maximum Gasteiger partial charge on any atom is 0.202 e. The van der Waals surface area contributed by atoms with Crippen LogP contribution < -0.4 is 19.6 Å². The molecule has 0 radical (unpaired) electrons. The monoisotopic (exact) mass is 772 g/mol. The molecule has 0 spiro atoms. The number of aliphatic imine (C=N–C) groups is 4. The summed E-state index contributed by atoms with van der Waals surface area (Å²) in [6, 6.07) is 35.7. The molecule has 8 rings (SSSR count). The summed E-state index contributed by atoms with van der Waals surface area (Å²) in [6.45, 7) is 30.1. The van der Waals surface area contributed by atoms with Crippen molar-refractivity contribution < 1.29 is 0 Å². The van der Waals surface area contributed by atoms with Crippen molar-refractivity contribution in [2.24, 2.45) is 20.0 Å². The molecule has 0 amide bonds. The lowest BCUT2D eigenvalue weighted by atomic mass is 9.87. The fraction of sp³-hybridized carbons (Fsp3) is 0.400. The zero-order chi connectivity index (χ0) is 41.4. The Hall–Kier alpha value is -5.50. The summed E-state index contributed by atoms with van der Waals surface area (Å²) in [7, 11) is 0. The maximum absolute atomic E-state index is 5.31. The van der Waals surface area contributed by atoms with Gasteiger partial charge in [0.05, 0.1) is 0 Å². The first-order valence-electron chi connectivity index (χ1n) is 20.9. The van der Waals surface area contributed by atoms with Gasteiger partial charge in [-0.1, -0.05) is 132 Å². The molecule has 58 heavy (non-hydrogen) atoms. The van der Waals surface area contributed by atoms with Gasteiger partial charge in [-0.05, 0) is 92.4 Å². The van der Waals surface area contributed by atoms with E-state index in [1.165, 1.54) is 22.3 Å². The lowest BCUT2D eigenvalue weighted by Gasteiger charge is -2.37. The van der Waals surface area contributed by atoms with Gasteiger partial charge in [0.15, 0.2) is 23.3 Å². The molecule has 0 bridgehead atoms. The molecule has 4 heterocycles. The molecule has 4 aliphatic heterocycles. The molecule has 8 heteroatoms. The molecule has 2 fully saturated rings. The first kappa shape index (κ1) is 39.3. The van der Waals surface area contributed by atoms with Crippen LogP contribution in [0.4, 0.5) is 22.7 Å². The molecule has 0 saturated carbocycles. The number of hydrogen-bond acceptors (Lipinski definition) is 8. The van der Waals surface area contributed by atoms with Crippen molar-refractivity contribution in [2.75, 3.05) is 45.8 Å². The van der Waals surface area contributed by atoms with E-state index in [0.29, 0.717) is 11.6 Å². The zero-order valence-electron chi connectivity index (χ0n) is 36.6. The van der Waals surface area contributed by atoms with Crippen LogP contribution in [-0.2, 0) is 21.7 Å². The van der Waals surface area contributed by atoms with E-state index in [9.17, 15) is 0 Å². The Labute approximate surface area is 346 Å². The summed E-state index contributed by atoms with van der Waals surface area (Å²) in [5.74, 6) is 4.32. The van der Waals surface area contributed by atoms with Gasteiger partial charge in [-0.25, -0.2) is 20.0 Å².